The fraction of sp³-hybridized carbons (Fsp3) is 0.385. The molecule has 0 saturated carbocycles. The van der Waals surface area contributed by atoms with Gasteiger partial charge in [0.05, 0.1) is 0 Å². The number of nitrogens with one attached hydrogen (secondary N) is 1. The van der Waals surface area contributed by atoms with Crippen LogP contribution in [-0.2, 0) is 0 Å². The van der Waals surface area contributed by atoms with Crippen molar-refractivity contribution in [1.82, 2.24) is 5.32 Å². The molecular formula is C13H15Cl2N. The van der Waals surface area contributed by atoms with Crippen molar-refractivity contribution in [2.75, 3.05) is 6.54 Å². The smallest absolute Gasteiger partial charge is 0.0468 e. The SMILES string of the molecule is C#CCCCNC(C)c1ccc(Cl)cc1Cl. The molecule has 0 bridgehead atoms. The molecule has 86 valence electrons. The molecule has 1 unspecified atom stereocenters. The van der Waals surface area contributed by atoms with Gasteiger partial charge < -0.3 is 5.32 Å². The summed E-state index contributed by atoms with van der Waals surface area (Å²) in [6, 6.07) is 5.77. The van der Waals surface area contributed by atoms with Gasteiger partial charge in [0.1, 0.15) is 0 Å². The van der Waals surface area contributed by atoms with Crippen LogP contribution in [0.2, 0.25) is 10.0 Å². The lowest BCUT2D eigenvalue weighted by molar-refractivity contribution is 0.563. The number of hydrogen-bond acceptors (Lipinski definition) is 1. The van der Waals surface area contributed by atoms with E-state index in [0.717, 1.165) is 24.9 Å². The van der Waals surface area contributed by atoms with Gasteiger partial charge in [-0.3, -0.25) is 0 Å². The zero-order chi connectivity index (χ0) is 12.0. The largest absolute Gasteiger partial charge is 0.310 e. The second-order valence-corrected chi connectivity index (χ2v) is 4.49. The minimum Gasteiger partial charge on any atom is -0.310 e. The van der Waals surface area contributed by atoms with Crippen molar-refractivity contribution >= 4 is 23.2 Å². The predicted molar refractivity (Wildman–Crippen MR) is 70.9 cm³/mol. The Bertz CT molecular complexity index is 382. The molecule has 0 saturated heterocycles. The number of benzene rings is 1. The maximum atomic E-state index is 6.11. The Morgan fingerprint density at radius 2 is 2.19 bits per heavy atom. The fourth-order valence-electron chi connectivity index (χ4n) is 1.47. The molecule has 3 heteroatoms. The van der Waals surface area contributed by atoms with Crippen LogP contribution in [0.5, 0.6) is 0 Å². The van der Waals surface area contributed by atoms with Crippen molar-refractivity contribution in [3.63, 3.8) is 0 Å². The first-order valence-electron chi connectivity index (χ1n) is 5.27. The van der Waals surface area contributed by atoms with Crippen LogP contribution in [-0.4, -0.2) is 6.54 Å². The quantitative estimate of drug-likeness (QED) is 0.618. The number of unbranched alkanes of at least 4 members (excludes halogenated alkanes) is 1. The van der Waals surface area contributed by atoms with Crippen molar-refractivity contribution < 1.29 is 0 Å². The molecule has 0 aliphatic rings. The van der Waals surface area contributed by atoms with E-state index in [1.54, 1.807) is 6.07 Å². The van der Waals surface area contributed by atoms with Gasteiger partial charge in [0, 0.05) is 22.5 Å². The van der Waals surface area contributed by atoms with E-state index in [1.807, 2.05) is 12.1 Å². The Kier molecular flexibility index (Phi) is 5.69. The van der Waals surface area contributed by atoms with Crippen LogP contribution in [0.25, 0.3) is 0 Å². The van der Waals surface area contributed by atoms with Crippen LogP contribution in [0.1, 0.15) is 31.4 Å². The van der Waals surface area contributed by atoms with Crippen molar-refractivity contribution in [2.45, 2.75) is 25.8 Å². The molecule has 1 aromatic carbocycles. The van der Waals surface area contributed by atoms with E-state index in [4.69, 9.17) is 29.6 Å². The van der Waals surface area contributed by atoms with E-state index >= 15 is 0 Å². The van der Waals surface area contributed by atoms with Crippen molar-refractivity contribution in [2.24, 2.45) is 0 Å². The number of halogens is 2. The van der Waals surface area contributed by atoms with Gasteiger partial charge in [-0.05, 0) is 37.6 Å². The van der Waals surface area contributed by atoms with E-state index in [-0.39, 0.29) is 6.04 Å². The molecule has 1 N–H and O–H groups in total. The highest BCUT2D eigenvalue weighted by molar-refractivity contribution is 6.35. The molecule has 0 fully saturated rings. The first-order chi connectivity index (χ1) is 7.65. The molecule has 0 radical (unpaired) electrons. The van der Waals surface area contributed by atoms with Gasteiger partial charge in [-0.1, -0.05) is 29.3 Å². The number of terminal acetylenes is 1. The first kappa shape index (κ1) is 13.4. The van der Waals surface area contributed by atoms with Crippen LogP contribution < -0.4 is 5.32 Å². The molecule has 0 aliphatic heterocycles. The summed E-state index contributed by atoms with van der Waals surface area (Å²) >= 11 is 11.9. The summed E-state index contributed by atoms with van der Waals surface area (Å²) in [5, 5.41) is 4.73. The van der Waals surface area contributed by atoms with Gasteiger partial charge in [0.25, 0.3) is 0 Å². The number of rotatable bonds is 5. The Morgan fingerprint density at radius 3 is 2.81 bits per heavy atom. The van der Waals surface area contributed by atoms with E-state index in [9.17, 15) is 0 Å². The third-order valence-corrected chi connectivity index (χ3v) is 2.94. The van der Waals surface area contributed by atoms with Gasteiger partial charge in [0.2, 0.25) is 0 Å². The van der Waals surface area contributed by atoms with Gasteiger partial charge >= 0.3 is 0 Å². The van der Waals surface area contributed by atoms with E-state index < -0.39 is 0 Å². The average Bonchev–Trinajstić information content (AvgIpc) is 2.24. The van der Waals surface area contributed by atoms with Crippen LogP contribution in [0.3, 0.4) is 0 Å². The third-order valence-electron chi connectivity index (χ3n) is 2.38. The molecule has 0 aromatic heterocycles. The lowest BCUT2D eigenvalue weighted by Gasteiger charge is -2.15. The highest BCUT2D eigenvalue weighted by Crippen LogP contribution is 2.25. The average molecular weight is 256 g/mol. The van der Waals surface area contributed by atoms with Crippen molar-refractivity contribution in [3.05, 3.63) is 33.8 Å². The summed E-state index contributed by atoms with van der Waals surface area (Å²) in [6.45, 7) is 2.97. The second kappa shape index (κ2) is 6.81. The minimum atomic E-state index is 0.211. The third kappa shape index (κ3) is 4.06. The summed E-state index contributed by atoms with van der Waals surface area (Å²) in [5.41, 5.74) is 1.06. The number of hydrogen-bond donors (Lipinski definition) is 1. The van der Waals surface area contributed by atoms with Gasteiger partial charge in [0.15, 0.2) is 0 Å². The summed E-state index contributed by atoms with van der Waals surface area (Å²) < 4.78 is 0. The summed E-state index contributed by atoms with van der Waals surface area (Å²) in [6.07, 6.45) is 6.96. The minimum absolute atomic E-state index is 0.211. The maximum absolute atomic E-state index is 6.11. The normalized spacial score (nSPS) is 12.1. The molecule has 16 heavy (non-hydrogen) atoms. The Hall–Kier alpha value is -0.680. The molecule has 1 aromatic rings. The predicted octanol–water partition coefficient (Wildman–Crippen LogP) is 4.06. The summed E-state index contributed by atoms with van der Waals surface area (Å²) in [7, 11) is 0. The van der Waals surface area contributed by atoms with Crippen LogP contribution in [0.4, 0.5) is 0 Å². The zero-order valence-corrected chi connectivity index (χ0v) is 10.8. The first-order valence-corrected chi connectivity index (χ1v) is 6.02. The van der Waals surface area contributed by atoms with Gasteiger partial charge in [-0.15, -0.1) is 12.3 Å². The molecule has 0 amide bonds. The monoisotopic (exact) mass is 255 g/mol. The van der Waals surface area contributed by atoms with Crippen molar-refractivity contribution in [3.8, 4) is 12.3 Å². The molecule has 0 aliphatic carbocycles. The van der Waals surface area contributed by atoms with E-state index in [0.29, 0.717) is 10.0 Å². The van der Waals surface area contributed by atoms with Gasteiger partial charge in [-0.25, -0.2) is 0 Å². The van der Waals surface area contributed by atoms with Crippen molar-refractivity contribution in [1.29, 1.82) is 0 Å². The standard InChI is InChI=1S/C13H15Cl2N/c1-3-4-5-8-16-10(2)12-7-6-11(14)9-13(12)15/h1,6-7,9-10,16H,4-5,8H2,2H3. The van der Waals surface area contributed by atoms with E-state index in [2.05, 4.69) is 18.2 Å². The maximum Gasteiger partial charge on any atom is 0.0468 e. The summed E-state index contributed by atoms with van der Waals surface area (Å²) in [4.78, 5) is 0. The highest BCUT2D eigenvalue weighted by Gasteiger charge is 2.08. The molecule has 1 atom stereocenters. The van der Waals surface area contributed by atoms with Crippen LogP contribution >= 0.6 is 23.2 Å². The topological polar surface area (TPSA) is 12.0 Å². The molecule has 0 spiro atoms. The van der Waals surface area contributed by atoms with Gasteiger partial charge in [-0.2, -0.15) is 0 Å². The summed E-state index contributed by atoms with van der Waals surface area (Å²) in [5.74, 6) is 2.62. The fourth-order valence-corrected chi connectivity index (χ4v) is 2.04. The van der Waals surface area contributed by atoms with E-state index in [1.165, 1.54) is 0 Å². The molecular weight excluding hydrogens is 241 g/mol. The molecule has 1 nitrogen and oxygen atoms in total. The zero-order valence-electron chi connectivity index (χ0n) is 9.26. The lowest BCUT2D eigenvalue weighted by atomic mass is 10.1. The molecule has 1 rings (SSSR count). The van der Waals surface area contributed by atoms with Crippen LogP contribution in [0, 0.1) is 12.3 Å². The second-order valence-electron chi connectivity index (χ2n) is 3.65. The Balaban J connectivity index is 2.53. The van der Waals surface area contributed by atoms with Crippen LogP contribution in [0.15, 0.2) is 18.2 Å². The Morgan fingerprint density at radius 1 is 1.44 bits per heavy atom. The lowest BCUT2D eigenvalue weighted by Crippen LogP contribution is -2.20. The molecule has 0 heterocycles. The Labute approximate surface area is 107 Å². The highest BCUT2D eigenvalue weighted by atomic mass is 35.5.